The predicted molar refractivity (Wildman–Crippen MR) is 189 cm³/mol. The first-order valence-electron chi connectivity index (χ1n) is 16.7. The summed E-state index contributed by atoms with van der Waals surface area (Å²) in [7, 11) is 0. The fourth-order valence-corrected chi connectivity index (χ4v) is 9.72. The molecule has 0 unspecified atom stereocenters. The molecule has 7 aromatic carbocycles. The van der Waals surface area contributed by atoms with Gasteiger partial charge in [-0.15, -0.1) is 0 Å². The standard InChI is InChI=1S/C46H28/c1-2-4-25(5-3-1)26-6-8-27(9-7-26)28-10-12-29(13-11-28)37-24-36-22-34-17-16-32-20-30-14-15-31-21-33-18-19-35-23-38(37)46-44(35)42(33)40(31)39(30)41(32)43(34)45(36)46/h1-19,24H,20-23H2. The zero-order chi connectivity index (χ0) is 29.7. The predicted octanol–water partition coefficient (Wildman–Crippen LogP) is 11.3. The molecule has 0 spiro atoms. The van der Waals surface area contributed by atoms with Gasteiger partial charge in [0.1, 0.15) is 0 Å². The lowest BCUT2D eigenvalue weighted by molar-refractivity contribution is 1.21. The van der Waals surface area contributed by atoms with Crippen LogP contribution in [0.4, 0.5) is 0 Å². The summed E-state index contributed by atoms with van der Waals surface area (Å²) in [4.78, 5) is 0. The first-order valence-corrected chi connectivity index (χ1v) is 16.7. The molecule has 0 amide bonds. The molecule has 0 bridgehead atoms. The van der Waals surface area contributed by atoms with Crippen molar-refractivity contribution < 1.29 is 0 Å². The lowest BCUT2D eigenvalue weighted by atomic mass is 9.80. The van der Waals surface area contributed by atoms with Crippen LogP contribution in [0.3, 0.4) is 0 Å². The van der Waals surface area contributed by atoms with E-state index < -0.39 is 0 Å². The molecule has 0 aliphatic heterocycles. The van der Waals surface area contributed by atoms with Gasteiger partial charge in [-0.25, -0.2) is 0 Å². The number of hydrogen-bond acceptors (Lipinski definition) is 0. The molecule has 0 aromatic heterocycles. The van der Waals surface area contributed by atoms with Gasteiger partial charge in [-0.05, 0) is 154 Å². The minimum atomic E-state index is 1.01. The highest BCUT2D eigenvalue weighted by Crippen LogP contribution is 2.63. The first kappa shape index (κ1) is 23.9. The molecular weight excluding hydrogens is 553 g/mol. The summed E-state index contributed by atoms with van der Waals surface area (Å²) in [5, 5.41) is 0. The van der Waals surface area contributed by atoms with Gasteiger partial charge in [0.25, 0.3) is 0 Å². The SMILES string of the molecule is c1ccc(-c2ccc(-c3ccc(-c4cc5c6c7c4Cc4ccc8c(c4-7)-c4c(ccc7c4-c4c(ccc(c4-6)C5)C7)C8)cc3)cc2)cc1. The van der Waals surface area contributed by atoms with Crippen LogP contribution in [0, 0.1) is 0 Å². The molecular formula is C46H28. The van der Waals surface area contributed by atoms with E-state index in [2.05, 4.69) is 121 Å². The molecule has 5 aliphatic carbocycles. The topological polar surface area (TPSA) is 0 Å². The fourth-order valence-electron chi connectivity index (χ4n) is 9.72. The molecule has 0 heteroatoms. The highest BCUT2D eigenvalue weighted by molar-refractivity contribution is 6.14. The van der Waals surface area contributed by atoms with Crippen LogP contribution in [0.2, 0.25) is 0 Å². The molecule has 212 valence electrons. The van der Waals surface area contributed by atoms with Gasteiger partial charge >= 0.3 is 0 Å². The zero-order valence-corrected chi connectivity index (χ0v) is 25.4. The summed E-state index contributed by atoms with van der Waals surface area (Å²) in [6.45, 7) is 0. The Morgan fingerprint density at radius 3 is 1.09 bits per heavy atom. The summed E-state index contributed by atoms with van der Waals surface area (Å²) in [6.07, 6.45) is 4.16. The molecule has 0 saturated heterocycles. The van der Waals surface area contributed by atoms with Crippen LogP contribution >= 0.6 is 0 Å². The maximum Gasteiger partial charge on any atom is -0.000682 e. The average molecular weight is 581 g/mol. The van der Waals surface area contributed by atoms with E-state index in [1.807, 2.05) is 0 Å². The number of rotatable bonds is 3. The second-order valence-electron chi connectivity index (χ2n) is 13.9. The minimum absolute atomic E-state index is 1.01. The molecule has 7 aromatic rings. The maximum absolute atomic E-state index is 2.56. The van der Waals surface area contributed by atoms with E-state index in [1.165, 1.54) is 77.9 Å². The van der Waals surface area contributed by atoms with Gasteiger partial charge in [0.2, 0.25) is 0 Å². The third-order valence-electron chi connectivity index (χ3n) is 11.7. The van der Waals surface area contributed by atoms with Crippen LogP contribution in [-0.4, -0.2) is 0 Å². The third-order valence-corrected chi connectivity index (χ3v) is 11.7. The molecule has 0 N–H and O–H groups in total. The van der Waals surface area contributed by atoms with Crippen molar-refractivity contribution in [1.29, 1.82) is 0 Å². The Balaban J connectivity index is 1.05. The Morgan fingerprint density at radius 2 is 0.609 bits per heavy atom. The van der Waals surface area contributed by atoms with Crippen LogP contribution in [0.1, 0.15) is 44.5 Å². The Morgan fingerprint density at radius 1 is 0.261 bits per heavy atom. The highest BCUT2D eigenvalue weighted by atomic mass is 14.4. The Bertz CT molecular complexity index is 2530. The van der Waals surface area contributed by atoms with Gasteiger partial charge < -0.3 is 0 Å². The van der Waals surface area contributed by atoms with E-state index in [0.29, 0.717) is 0 Å². The molecule has 0 heterocycles. The number of benzene rings is 7. The smallest absolute Gasteiger partial charge is 0.000682 e. The molecule has 12 rings (SSSR count). The van der Waals surface area contributed by atoms with E-state index in [9.17, 15) is 0 Å². The van der Waals surface area contributed by atoms with Crippen molar-refractivity contribution in [1.82, 2.24) is 0 Å². The average Bonchev–Trinajstić information content (AvgIpc) is 3.86. The normalized spacial score (nSPS) is 14.2. The largest absolute Gasteiger partial charge is 0.0622 e. The lowest BCUT2D eigenvalue weighted by Crippen LogP contribution is -1.98. The van der Waals surface area contributed by atoms with E-state index in [0.717, 1.165) is 25.7 Å². The number of hydrogen-bond donors (Lipinski definition) is 0. The van der Waals surface area contributed by atoms with Gasteiger partial charge in [0.15, 0.2) is 0 Å². The van der Waals surface area contributed by atoms with Crippen LogP contribution in [-0.2, 0) is 25.7 Å². The quantitative estimate of drug-likeness (QED) is 0.195. The van der Waals surface area contributed by atoms with Gasteiger partial charge in [-0.1, -0.05) is 115 Å². The van der Waals surface area contributed by atoms with Crippen LogP contribution in [0.15, 0.2) is 121 Å². The monoisotopic (exact) mass is 580 g/mol. The molecule has 0 nitrogen and oxygen atoms in total. The first-order chi connectivity index (χ1) is 22.8. The second-order valence-corrected chi connectivity index (χ2v) is 13.9. The van der Waals surface area contributed by atoms with Crippen molar-refractivity contribution >= 4 is 0 Å². The van der Waals surface area contributed by atoms with Crippen molar-refractivity contribution in [2.75, 3.05) is 0 Å². The summed E-state index contributed by atoms with van der Waals surface area (Å²) in [5.74, 6) is 0. The second kappa shape index (κ2) is 8.22. The van der Waals surface area contributed by atoms with E-state index in [-0.39, 0.29) is 0 Å². The van der Waals surface area contributed by atoms with Gasteiger partial charge in [-0.3, -0.25) is 0 Å². The molecule has 5 aliphatic rings. The van der Waals surface area contributed by atoms with Crippen molar-refractivity contribution in [2.45, 2.75) is 25.7 Å². The van der Waals surface area contributed by atoms with E-state index >= 15 is 0 Å². The molecule has 0 radical (unpaired) electrons. The Labute approximate surface area is 268 Å². The summed E-state index contributed by atoms with van der Waals surface area (Å²) < 4.78 is 0. The van der Waals surface area contributed by atoms with Crippen molar-refractivity contribution in [3.8, 4) is 77.9 Å². The zero-order valence-electron chi connectivity index (χ0n) is 25.4. The van der Waals surface area contributed by atoms with Crippen LogP contribution in [0.5, 0.6) is 0 Å². The van der Waals surface area contributed by atoms with Crippen LogP contribution in [0.25, 0.3) is 77.9 Å². The third kappa shape index (κ3) is 2.87. The summed E-state index contributed by atoms with van der Waals surface area (Å²) in [5.41, 5.74) is 32.3. The molecule has 0 saturated carbocycles. The van der Waals surface area contributed by atoms with Gasteiger partial charge in [0.05, 0.1) is 0 Å². The maximum atomic E-state index is 2.56. The molecule has 0 fully saturated rings. The van der Waals surface area contributed by atoms with Crippen molar-refractivity contribution in [3.05, 3.63) is 166 Å². The van der Waals surface area contributed by atoms with Crippen molar-refractivity contribution in [3.63, 3.8) is 0 Å². The highest BCUT2D eigenvalue weighted by Gasteiger charge is 2.41. The Kier molecular flexibility index (Phi) is 4.26. The van der Waals surface area contributed by atoms with E-state index in [1.54, 1.807) is 44.5 Å². The Hall–Kier alpha value is -5.46. The minimum Gasteiger partial charge on any atom is -0.0622 e. The van der Waals surface area contributed by atoms with Gasteiger partial charge in [-0.2, -0.15) is 0 Å². The molecule has 46 heavy (non-hydrogen) atoms. The lowest BCUT2D eigenvalue weighted by Gasteiger charge is -2.23. The fraction of sp³-hybridized carbons (Fsp3) is 0.0870. The summed E-state index contributed by atoms with van der Waals surface area (Å²) in [6, 6.07) is 46.2. The van der Waals surface area contributed by atoms with Gasteiger partial charge in [0, 0.05) is 0 Å². The van der Waals surface area contributed by atoms with Crippen LogP contribution < -0.4 is 0 Å². The van der Waals surface area contributed by atoms with Crippen molar-refractivity contribution in [2.24, 2.45) is 0 Å². The van der Waals surface area contributed by atoms with E-state index in [4.69, 9.17) is 0 Å². The summed E-state index contributed by atoms with van der Waals surface area (Å²) >= 11 is 0. The molecule has 0 atom stereocenters.